The zero-order chi connectivity index (χ0) is 18.1. The number of nitrogens with one attached hydrogen (secondary N) is 1. The Labute approximate surface area is 142 Å². The summed E-state index contributed by atoms with van der Waals surface area (Å²) in [5.74, 6) is -0.436. The second-order valence-corrected chi connectivity index (χ2v) is 5.68. The van der Waals surface area contributed by atoms with Crippen molar-refractivity contribution >= 4 is 22.6 Å². The first-order chi connectivity index (χ1) is 11.9. The number of benzene rings is 2. The summed E-state index contributed by atoms with van der Waals surface area (Å²) >= 11 is 0. The van der Waals surface area contributed by atoms with Crippen LogP contribution in [0.5, 0.6) is 0 Å². The molecule has 2 aromatic carbocycles. The van der Waals surface area contributed by atoms with Gasteiger partial charge in [0, 0.05) is 19.2 Å². The highest BCUT2D eigenvalue weighted by Gasteiger charge is 2.20. The fourth-order valence-corrected chi connectivity index (χ4v) is 2.63. The molecule has 1 N–H and O–H groups in total. The van der Waals surface area contributed by atoms with Crippen molar-refractivity contribution < 1.29 is 14.1 Å². The van der Waals surface area contributed by atoms with E-state index >= 15 is 0 Å². The van der Waals surface area contributed by atoms with Crippen molar-refractivity contribution in [2.75, 3.05) is 0 Å². The van der Waals surface area contributed by atoms with Crippen molar-refractivity contribution in [2.24, 2.45) is 7.05 Å². The van der Waals surface area contributed by atoms with Crippen molar-refractivity contribution in [3.63, 3.8) is 0 Å². The van der Waals surface area contributed by atoms with E-state index in [9.17, 15) is 19.3 Å². The molecule has 3 rings (SSSR count). The van der Waals surface area contributed by atoms with Crippen LogP contribution in [0.3, 0.4) is 0 Å². The van der Waals surface area contributed by atoms with E-state index < -0.39 is 16.6 Å². The molecule has 1 aromatic heterocycles. The lowest BCUT2D eigenvalue weighted by atomic mass is 10.1. The number of nitrogens with zero attached hydrogens (tertiary/aromatic N) is 3. The molecule has 0 fully saturated rings. The van der Waals surface area contributed by atoms with Gasteiger partial charge < -0.3 is 9.88 Å². The second-order valence-electron chi connectivity index (χ2n) is 5.68. The molecule has 0 aliphatic carbocycles. The average molecular weight is 342 g/mol. The highest BCUT2D eigenvalue weighted by molar-refractivity contribution is 5.98. The summed E-state index contributed by atoms with van der Waals surface area (Å²) < 4.78 is 15.0. The number of hydrogen-bond acceptors (Lipinski definition) is 4. The first-order valence-electron chi connectivity index (χ1n) is 7.51. The molecular weight excluding hydrogens is 327 g/mol. The molecule has 7 nitrogen and oxygen atoms in total. The molecule has 0 radical (unpaired) electrons. The fraction of sp³-hybridized carbons (Fsp3) is 0.176. The maximum Gasteiger partial charge on any atom is 0.282 e. The maximum absolute atomic E-state index is 13.3. The van der Waals surface area contributed by atoms with Crippen molar-refractivity contribution in [1.29, 1.82) is 0 Å². The Bertz CT molecular complexity index is 997. The first-order valence-corrected chi connectivity index (χ1v) is 7.51. The highest BCUT2D eigenvalue weighted by Crippen LogP contribution is 2.20. The lowest BCUT2D eigenvalue weighted by molar-refractivity contribution is -0.385. The summed E-state index contributed by atoms with van der Waals surface area (Å²) in [5, 5.41) is 13.7. The number of rotatable bonds is 4. The number of fused-ring (bicyclic) bond motifs is 1. The molecule has 0 spiro atoms. The van der Waals surface area contributed by atoms with Crippen LogP contribution in [0.4, 0.5) is 10.1 Å². The molecule has 0 atom stereocenters. The Balaban J connectivity index is 1.85. The summed E-state index contributed by atoms with van der Waals surface area (Å²) in [6.07, 6.45) is 0. The molecule has 0 unspecified atom stereocenters. The Morgan fingerprint density at radius 1 is 1.32 bits per heavy atom. The highest BCUT2D eigenvalue weighted by atomic mass is 19.1. The predicted octanol–water partition coefficient (Wildman–Crippen LogP) is 2.86. The number of nitro benzene ring substituents is 1. The molecule has 0 aliphatic heterocycles. The lowest BCUT2D eigenvalue weighted by Gasteiger charge is -2.07. The number of aromatic nitrogens is 2. The van der Waals surface area contributed by atoms with Gasteiger partial charge in [-0.05, 0) is 30.7 Å². The summed E-state index contributed by atoms with van der Waals surface area (Å²) in [6, 6.07) is 8.61. The van der Waals surface area contributed by atoms with Crippen LogP contribution in [-0.4, -0.2) is 20.4 Å². The summed E-state index contributed by atoms with van der Waals surface area (Å²) in [7, 11) is 1.75. The van der Waals surface area contributed by atoms with E-state index in [1.807, 2.05) is 0 Å². The van der Waals surface area contributed by atoms with Gasteiger partial charge in [-0.25, -0.2) is 9.37 Å². The number of carbonyl (C=O) groups is 1. The monoisotopic (exact) mass is 342 g/mol. The standard InChI is InChI=1S/C17H15FN4O3/c1-10-3-5-14(22(24)25)12(7-10)17(23)19-9-16-20-13-8-11(18)4-6-15(13)21(16)2/h3-8H,9H2,1-2H3,(H,19,23). The fourth-order valence-electron chi connectivity index (χ4n) is 2.63. The molecule has 0 saturated heterocycles. The maximum atomic E-state index is 13.3. The number of amides is 1. The minimum absolute atomic E-state index is 0.00481. The molecule has 128 valence electrons. The SMILES string of the molecule is Cc1ccc([N+](=O)[O-])c(C(=O)NCc2nc3cc(F)ccc3n2C)c1. The number of hydrogen-bond donors (Lipinski definition) is 1. The van der Waals surface area contributed by atoms with Gasteiger partial charge in [0.2, 0.25) is 0 Å². The minimum Gasteiger partial charge on any atom is -0.345 e. The van der Waals surface area contributed by atoms with Crippen molar-refractivity contribution in [2.45, 2.75) is 13.5 Å². The molecule has 1 amide bonds. The van der Waals surface area contributed by atoms with Gasteiger partial charge in [0.05, 0.1) is 22.5 Å². The van der Waals surface area contributed by atoms with Gasteiger partial charge >= 0.3 is 0 Å². The second kappa shape index (κ2) is 6.31. The van der Waals surface area contributed by atoms with Crippen LogP contribution in [0, 0.1) is 22.9 Å². The van der Waals surface area contributed by atoms with E-state index in [-0.39, 0.29) is 17.8 Å². The van der Waals surface area contributed by atoms with Gasteiger partial charge in [0.15, 0.2) is 0 Å². The van der Waals surface area contributed by atoms with Crippen LogP contribution in [0.15, 0.2) is 36.4 Å². The van der Waals surface area contributed by atoms with E-state index in [4.69, 9.17) is 0 Å². The molecule has 8 heteroatoms. The number of imidazole rings is 1. The Hall–Kier alpha value is -3.29. The summed E-state index contributed by atoms with van der Waals surface area (Å²) in [4.78, 5) is 27.1. The van der Waals surface area contributed by atoms with Crippen molar-refractivity contribution in [3.8, 4) is 0 Å². The molecule has 0 saturated carbocycles. The quantitative estimate of drug-likeness (QED) is 0.583. The Kier molecular flexibility index (Phi) is 4.18. The van der Waals surface area contributed by atoms with Gasteiger partial charge in [-0.1, -0.05) is 6.07 Å². The zero-order valence-electron chi connectivity index (χ0n) is 13.6. The van der Waals surface area contributed by atoms with E-state index in [2.05, 4.69) is 10.3 Å². The van der Waals surface area contributed by atoms with E-state index in [0.717, 1.165) is 11.1 Å². The molecule has 1 heterocycles. The average Bonchev–Trinajstić information content (AvgIpc) is 2.87. The minimum atomic E-state index is -0.591. The van der Waals surface area contributed by atoms with Crippen LogP contribution in [-0.2, 0) is 13.6 Å². The normalized spacial score (nSPS) is 10.8. The number of aryl methyl sites for hydroxylation is 2. The number of nitro groups is 1. The van der Waals surface area contributed by atoms with Crippen molar-refractivity contribution in [1.82, 2.24) is 14.9 Å². The van der Waals surface area contributed by atoms with Crippen LogP contribution < -0.4 is 5.32 Å². The van der Waals surface area contributed by atoms with E-state index in [1.54, 1.807) is 30.7 Å². The number of halogens is 1. The van der Waals surface area contributed by atoms with Gasteiger partial charge in [0.25, 0.3) is 11.6 Å². The van der Waals surface area contributed by atoms with E-state index in [0.29, 0.717) is 11.3 Å². The summed E-state index contributed by atoms with van der Waals surface area (Å²) in [6.45, 7) is 1.82. The molecule has 0 aliphatic rings. The van der Waals surface area contributed by atoms with Crippen LogP contribution in [0.2, 0.25) is 0 Å². The third kappa shape index (κ3) is 3.18. The van der Waals surface area contributed by atoms with Gasteiger partial charge in [-0.2, -0.15) is 0 Å². The van der Waals surface area contributed by atoms with Crippen LogP contribution in [0.25, 0.3) is 11.0 Å². The van der Waals surface area contributed by atoms with Gasteiger partial charge in [0.1, 0.15) is 17.2 Å². The van der Waals surface area contributed by atoms with Crippen molar-refractivity contribution in [3.05, 3.63) is 69.3 Å². The van der Waals surface area contributed by atoms with Gasteiger partial charge in [-0.15, -0.1) is 0 Å². The lowest BCUT2D eigenvalue weighted by Crippen LogP contribution is -2.25. The van der Waals surface area contributed by atoms with E-state index in [1.165, 1.54) is 24.3 Å². The molecule has 0 bridgehead atoms. The molecular formula is C17H15FN4O3. The topological polar surface area (TPSA) is 90.1 Å². The van der Waals surface area contributed by atoms with Gasteiger partial charge in [-0.3, -0.25) is 14.9 Å². The third-order valence-electron chi connectivity index (χ3n) is 3.94. The zero-order valence-corrected chi connectivity index (χ0v) is 13.6. The largest absolute Gasteiger partial charge is 0.345 e. The molecule has 3 aromatic rings. The third-order valence-corrected chi connectivity index (χ3v) is 3.94. The van der Waals surface area contributed by atoms with Crippen LogP contribution >= 0.6 is 0 Å². The predicted molar refractivity (Wildman–Crippen MR) is 89.7 cm³/mol. The Morgan fingerprint density at radius 3 is 2.80 bits per heavy atom. The first kappa shape index (κ1) is 16.6. The smallest absolute Gasteiger partial charge is 0.282 e. The Morgan fingerprint density at radius 2 is 2.08 bits per heavy atom. The molecule has 25 heavy (non-hydrogen) atoms. The van der Waals surface area contributed by atoms with Crippen LogP contribution in [0.1, 0.15) is 21.7 Å². The summed E-state index contributed by atoms with van der Waals surface area (Å²) in [5.41, 5.74) is 1.69. The number of carbonyl (C=O) groups excluding carboxylic acids is 1.